The van der Waals surface area contributed by atoms with Gasteiger partial charge in [-0.1, -0.05) is 123 Å². The summed E-state index contributed by atoms with van der Waals surface area (Å²) >= 11 is 0. The Kier molecular flexibility index (Phi) is 6.25. The van der Waals surface area contributed by atoms with Gasteiger partial charge in [-0.05, 0) is 110 Å². The summed E-state index contributed by atoms with van der Waals surface area (Å²) in [6, 6.07) is 60.0. The summed E-state index contributed by atoms with van der Waals surface area (Å²) in [5.41, 5.74) is 17.4. The molecule has 0 unspecified atom stereocenters. The average molecular weight is 639 g/mol. The molecule has 1 aliphatic rings. The van der Waals surface area contributed by atoms with E-state index in [0.29, 0.717) is 0 Å². The molecule has 50 heavy (non-hydrogen) atoms. The summed E-state index contributed by atoms with van der Waals surface area (Å²) < 4.78 is 2.38. The standard InChI is InChI=1S/C48H34N2/c1-48(2)43-29-35(32-15-13-31(14-16-32)34-21-26-45-37(28-34)8-7-27-49-45)19-24-39(43)40-25-20-36(30-44(40)48)33-17-22-38(23-18-33)50-46-11-5-3-9-41(46)42-10-4-6-12-47(42)50/h3-30H,1-2H3. The number of hydrogen-bond donors (Lipinski definition) is 0. The van der Waals surface area contributed by atoms with E-state index >= 15 is 0 Å². The largest absolute Gasteiger partial charge is 0.309 e. The second kappa shape index (κ2) is 10.9. The molecule has 2 heteroatoms. The molecule has 236 valence electrons. The smallest absolute Gasteiger partial charge is 0.0702 e. The number of para-hydroxylation sites is 2. The molecule has 0 N–H and O–H groups in total. The van der Waals surface area contributed by atoms with Gasteiger partial charge in [0.1, 0.15) is 0 Å². The molecule has 0 fully saturated rings. The minimum Gasteiger partial charge on any atom is -0.309 e. The normalized spacial score (nSPS) is 13.2. The molecule has 0 spiro atoms. The first-order valence-electron chi connectivity index (χ1n) is 17.4. The van der Waals surface area contributed by atoms with E-state index in [9.17, 15) is 0 Å². The predicted octanol–water partition coefficient (Wildman–Crippen LogP) is 12.6. The molecule has 0 amide bonds. The Bertz CT molecular complexity index is 2710. The van der Waals surface area contributed by atoms with Crippen molar-refractivity contribution in [3.05, 3.63) is 181 Å². The Morgan fingerprint density at radius 1 is 0.440 bits per heavy atom. The monoisotopic (exact) mass is 638 g/mol. The van der Waals surface area contributed by atoms with Crippen LogP contribution in [0.5, 0.6) is 0 Å². The molecule has 2 nitrogen and oxygen atoms in total. The van der Waals surface area contributed by atoms with Gasteiger partial charge in [0.2, 0.25) is 0 Å². The van der Waals surface area contributed by atoms with Crippen LogP contribution in [0, 0.1) is 0 Å². The maximum Gasteiger partial charge on any atom is 0.0702 e. The van der Waals surface area contributed by atoms with E-state index in [0.717, 1.165) is 10.9 Å². The number of rotatable bonds is 4. The van der Waals surface area contributed by atoms with Gasteiger partial charge in [0.05, 0.1) is 16.6 Å². The number of benzene rings is 7. The lowest BCUT2D eigenvalue weighted by Gasteiger charge is -2.22. The quantitative estimate of drug-likeness (QED) is 0.188. The van der Waals surface area contributed by atoms with Gasteiger partial charge in [0.15, 0.2) is 0 Å². The number of fused-ring (bicyclic) bond motifs is 7. The van der Waals surface area contributed by atoms with Crippen molar-refractivity contribution < 1.29 is 0 Å². The van der Waals surface area contributed by atoms with E-state index in [2.05, 4.69) is 181 Å². The molecular formula is C48H34N2. The molecule has 0 radical (unpaired) electrons. The lowest BCUT2D eigenvalue weighted by molar-refractivity contribution is 0.661. The third-order valence-corrected chi connectivity index (χ3v) is 10.9. The fourth-order valence-corrected chi connectivity index (χ4v) is 8.21. The van der Waals surface area contributed by atoms with Gasteiger partial charge in [0, 0.05) is 33.5 Å². The van der Waals surface area contributed by atoms with Crippen molar-refractivity contribution in [2.45, 2.75) is 19.3 Å². The highest BCUT2D eigenvalue weighted by molar-refractivity contribution is 6.09. The highest BCUT2D eigenvalue weighted by atomic mass is 15.0. The number of aromatic nitrogens is 2. The minimum atomic E-state index is -0.112. The average Bonchev–Trinajstić information content (AvgIpc) is 3.63. The first kappa shape index (κ1) is 28.7. The van der Waals surface area contributed by atoms with E-state index in [4.69, 9.17) is 0 Å². The number of hydrogen-bond acceptors (Lipinski definition) is 1. The topological polar surface area (TPSA) is 17.8 Å². The maximum atomic E-state index is 4.47. The van der Waals surface area contributed by atoms with Crippen LogP contribution in [-0.4, -0.2) is 9.55 Å². The molecule has 2 heterocycles. The molecule has 2 aromatic heterocycles. The second-order valence-corrected chi connectivity index (χ2v) is 14.1. The lowest BCUT2D eigenvalue weighted by Crippen LogP contribution is -2.15. The van der Waals surface area contributed by atoms with Crippen molar-refractivity contribution in [3.8, 4) is 50.2 Å². The molecule has 7 aromatic carbocycles. The number of nitrogens with zero attached hydrogens (tertiary/aromatic N) is 2. The van der Waals surface area contributed by atoms with Gasteiger partial charge in [-0.3, -0.25) is 4.98 Å². The van der Waals surface area contributed by atoms with Crippen LogP contribution in [0.3, 0.4) is 0 Å². The van der Waals surface area contributed by atoms with Crippen LogP contribution >= 0.6 is 0 Å². The summed E-state index contributed by atoms with van der Waals surface area (Å²) in [5, 5.41) is 3.73. The van der Waals surface area contributed by atoms with Crippen LogP contribution in [0.1, 0.15) is 25.0 Å². The third kappa shape index (κ3) is 4.38. The zero-order chi connectivity index (χ0) is 33.4. The van der Waals surface area contributed by atoms with E-state index < -0.39 is 0 Å². The molecule has 1 aliphatic carbocycles. The Balaban J connectivity index is 0.959. The van der Waals surface area contributed by atoms with E-state index in [1.807, 2.05) is 12.3 Å². The van der Waals surface area contributed by atoms with Crippen LogP contribution < -0.4 is 0 Å². The Morgan fingerprint density at radius 3 is 1.50 bits per heavy atom. The fourth-order valence-electron chi connectivity index (χ4n) is 8.21. The van der Waals surface area contributed by atoms with Gasteiger partial charge >= 0.3 is 0 Å². The van der Waals surface area contributed by atoms with E-state index in [-0.39, 0.29) is 5.41 Å². The first-order chi connectivity index (χ1) is 24.5. The summed E-state index contributed by atoms with van der Waals surface area (Å²) in [4.78, 5) is 4.47. The van der Waals surface area contributed by atoms with Crippen LogP contribution in [0.2, 0.25) is 0 Å². The van der Waals surface area contributed by atoms with Crippen molar-refractivity contribution >= 4 is 32.7 Å². The maximum absolute atomic E-state index is 4.47. The Morgan fingerprint density at radius 2 is 0.920 bits per heavy atom. The molecule has 0 saturated carbocycles. The molecular weight excluding hydrogens is 605 g/mol. The fraction of sp³-hybridized carbons (Fsp3) is 0.0625. The van der Waals surface area contributed by atoms with Gasteiger partial charge < -0.3 is 4.57 Å². The molecule has 0 saturated heterocycles. The van der Waals surface area contributed by atoms with Crippen LogP contribution in [0.15, 0.2) is 170 Å². The number of pyridine rings is 1. The SMILES string of the molecule is CC1(C)c2cc(-c3ccc(-c4ccc5ncccc5c4)cc3)ccc2-c2ccc(-c3ccc(-n4c5ccccc5c5ccccc54)cc3)cc21. The summed E-state index contributed by atoms with van der Waals surface area (Å²) in [7, 11) is 0. The van der Waals surface area contributed by atoms with Crippen LogP contribution in [-0.2, 0) is 5.41 Å². The van der Waals surface area contributed by atoms with Crippen molar-refractivity contribution in [1.82, 2.24) is 9.55 Å². The van der Waals surface area contributed by atoms with E-state index in [1.165, 1.54) is 83.1 Å². The molecule has 0 bridgehead atoms. The summed E-state index contributed by atoms with van der Waals surface area (Å²) in [6.45, 7) is 4.74. The summed E-state index contributed by atoms with van der Waals surface area (Å²) in [6.07, 6.45) is 1.85. The minimum absolute atomic E-state index is 0.112. The molecule has 0 atom stereocenters. The Labute approximate surface area is 291 Å². The highest BCUT2D eigenvalue weighted by Crippen LogP contribution is 2.50. The van der Waals surface area contributed by atoms with Crippen LogP contribution in [0.25, 0.3) is 82.9 Å². The molecule has 10 rings (SSSR count). The zero-order valence-electron chi connectivity index (χ0n) is 28.1. The van der Waals surface area contributed by atoms with Crippen molar-refractivity contribution in [2.75, 3.05) is 0 Å². The van der Waals surface area contributed by atoms with Crippen molar-refractivity contribution in [3.63, 3.8) is 0 Å². The second-order valence-electron chi connectivity index (χ2n) is 14.1. The van der Waals surface area contributed by atoms with E-state index in [1.54, 1.807) is 0 Å². The molecule has 0 aliphatic heterocycles. The Hall–Kier alpha value is -6.25. The highest BCUT2D eigenvalue weighted by Gasteiger charge is 2.35. The zero-order valence-corrected chi connectivity index (χ0v) is 28.1. The molecule has 9 aromatic rings. The predicted molar refractivity (Wildman–Crippen MR) is 210 cm³/mol. The van der Waals surface area contributed by atoms with Gasteiger partial charge in [0.25, 0.3) is 0 Å². The lowest BCUT2D eigenvalue weighted by atomic mass is 9.81. The van der Waals surface area contributed by atoms with Gasteiger partial charge in [-0.25, -0.2) is 0 Å². The van der Waals surface area contributed by atoms with Crippen molar-refractivity contribution in [2.24, 2.45) is 0 Å². The van der Waals surface area contributed by atoms with Crippen molar-refractivity contribution in [1.29, 1.82) is 0 Å². The first-order valence-corrected chi connectivity index (χ1v) is 17.4. The van der Waals surface area contributed by atoms with Gasteiger partial charge in [-0.2, -0.15) is 0 Å². The van der Waals surface area contributed by atoms with Crippen LogP contribution in [0.4, 0.5) is 0 Å². The van der Waals surface area contributed by atoms with Gasteiger partial charge in [-0.15, -0.1) is 0 Å². The summed E-state index contributed by atoms with van der Waals surface area (Å²) in [5.74, 6) is 0. The third-order valence-electron chi connectivity index (χ3n) is 10.9.